The Labute approximate surface area is 126 Å². The van der Waals surface area contributed by atoms with E-state index in [0.29, 0.717) is 0 Å². The summed E-state index contributed by atoms with van der Waals surface area (Å²) in [5.74, 6) is -1.52. The number of ether oxygens (including phenoxy) is 1. The number of rotatable bonds is 3. The van der Waals surface area contributed by atoms with E-state index in [1.54, 1.807) is 12.1 Å². The van der Waals surface area contributed by atoms with Crippen molar-refractivity contribution in [3.63, 3.8) is 0 Å². The fraction of sp³-hybridized carbons (Fsp3) is 0.0769. The third-order valence-electron chi connectivity index (χ3n) is 2.72. The number of halogens is 1. The third-order valence-corrected chi connectivity index (χ3v) is 5.00. The Morgan fingerprint density at radius 1 is 1.19 bits per heavy atom. The second-order valence-corrected chi connectivity index (χ2v) is 6.51. The zero-order valence-electron chi connectivity index (χ0n) is 10.8. The summed E-state index contributed by atoms with van der Waals surface area (Å²) in [5.41, 5.74) is 0.261. The van der Waals surface area contributed by atoms with E-state index in [1.807, 2.05) is 0 Å². The van der Waals surface area contributed by atoms with Crippen molar-refractivity contribution in [1.82, 2.24) is 0 Å². The first-order valence-electron chi connectivity index (χ1n) is 5.69. The van der Waals surface area contributed by atoms with E-state index in [4.69, 9.17) is 11.6 Å². The van der Waals surface area contributed by atoms with E-state index >= 15 is 0 Å². The molecule has 1 amide bonds. The van der Waals surface area contributed by atoms with Crippen LogP contribution in [0, 0.1) is 0 Å². The van der Waals surface area contributed by atoms with Crippen LogP contribution >= 0.6 is 11.6 Å². The highest BCUT2D eigenvalue weighted by Gasteiger charge is 2.32. The van der Waals surface area contributed by atoms with E-state index < -0.39 is 31.0 Å². The summed E-state index contributed by atoms with van der Waals surface area (Å²) in [5, 5.41) is 2.36. The van der Waals surface area contributed by atoms with Gasteiger partial charge in [0.15, 0.2) is 0 Å². The molecule has 1 aliphatic heterocycles. The van der Waals surface area contributed by atoms with E-state index in [-0.39, 0.29) is 11.3 Å². The van der Waals surface area contributed by atoms with Crippen LogP contribution in [0.3, 0.4) is 0 Å². The number of carbonyl (C=O) groups excluding carboxylic acids is 2. The first-order chi connectivity index (χ1) is 9.87. The summed E-state index contributed by atoms with van der Waals surface area (Å²) in [6, 6.07) is 6.09. The van der Waals surface area contributed by atoms with E-state index in [9.17, 15) is 18.0 Å². The SMILES string of the molecule is COC(=O)c1ccccc1NC(=O)C1=CC=C(Cl)S1(=O)=O. The molecule has 0 unspecified atom stereocenters. The Balaban J connectivity index is 2.29. The van der Waals surface area contributed by atoms with Crippen molar-refractivity contribution >= 4 is 39.0 Å². The highest BCUT2D eigenvalue weighted by atomic mass is 35.5. The topological polar surface area (TPSA) is 89.5 Å². The molecule has 1 aromatic carbocycles. The van der Waals surface area contributed by atoms with Crippen molar-refractivity contribution < 1.29 is 22.7 Å². The molecule has 1 aromatic rings. The van der Waals surface area contributed by atoms with Gasteiger partial charge in [-0.3, -0.25) is 4.79 Å². The second-order valence-electron chi connectivity index (χ2n) is 4.00. The van der Waals surface area contributed by atoms with Gasteiger partial charge in [0.25, 0.3) is 5.91 Å². The molecule has 0 saturated carbocycles. The average Bonchev–Trinajstić information content (AvgIpc) is 2.73. The predicted molar refractivity (Wildman–Crippen MR) is 77.4 cm³/mol. The number of nitrogens with one attached hydrogen (secondary N) is 1. The highest BCUT2D eigenvalue weighted by molar-refractivity contribution is 8.01. The van der Waals surface area contributed by atoms with Gasteiger partial charge in [0.2, 0.25) is 9.84 Å². The number of amides is 1. The van der Waals surface area contributed by atoms with Crippen molar-refractivity contribution in [3.8, 4) is 0 Å². The smallest absolute Gasteiger partial charge is 0.339 e. The maximum atomic E-state index is 12.0. The predicted octanol–water partition coefficient (Wildman–Crippen LogP) is 1.80. The van der Waals surface area contributed by atoms with Crippen molar-refractivity contribution in [2.45, 2.75) is 0 Å². The summed E-state index contributed by atoms with van der Waals surface area (Å²) in [6.45, 7) is 0. The van der Waals surface area contributed by atoms with Gasteiger partial charge >= 0.3 is 5.97 Å². The Kier molecular flexibility index (Phi) is 4.15. The molecular formula is C13H10ClNO5S. The minimum atomic E-state index is -3.96. The van der Waals surface area contributed by atoms with E-state index in [2.05, 4.69) is 10.1 Å². The molecule has 8 heteroatoms. The van der Waals surface area contributed by atoms with Gasteiger partial charge < -0.3 is 10.1 Å². The molecule has 0 spiro atoms. The van der Waals surface area contributed by atoms with Gasteiger partial charge in [-0.2, -0.15) is 0 Å². The molecule has 6 nitrogen and oxygen atoms in total. The van der Waals surface area contributed by atoms with Crippen LogP contribution in [0.1, 0.15) is 10.4 Å². The largest absolute Gasteiger partial charge is 0.465 e. The first-order valence-corrected chi connectivity index (χ1v) is 7.55. The van der Waals surface area contributed by atoms with Crippen LogP contribution in [0.25, 0.3) is 0 Å². The average molecular weight is 328 g/mol. The molecule has 0 radical (unpaired) electrons. The number of methoxy groups -OCH3 is 1. The fourth-order valence-electron chi connectivity index (χ4n) is 1.69. The lowest BCUT2D eigenvalue weighted by Crippen LogP contribution is -2.20. The fourth-order valence-corrected chi connectivity index (χ4v) is 3.00. The summed E-state index contributed by atoms with van der Waals surface area (Å²) < 4.78 is 27.7. The zero-order valence-corrected chi connectivity index (χ0v) is 12.4. The molecule has 0 aliphatic carbocycles. The molecule has 1 aliphatic rings. The number of sulfone groups is 1. The van der Waals surface area contributed by atoms with Crippen LogP contribution in [0.15, 0.2) is 45.7 Å². The Morgan fingerprint density at radius 3 is 2.43 bits per heavy atom. The number of esters is 1. The van der Waals surface area contributed by atoms with Crippen LogP contribution in [0.2, 0.25) is 0 Å². The van der Waals surface area contributed by atoms with E-state index in [0.717, 1.165) is 12.2 Å². The standard InChI is InChI=1S/C13H10ClNO5S/c1-20-13(17)8-4-2-3-5-9(8)15-12(16)10-6-7-11(14)21(10,18)19/h2-7H,1H3,(H,15,16). The van der Waals surface area contributed by atoms with Crippen molar-refractivity contribution in [1.29, 1.82) is 0 Å². The van der Waals surface area contributed by atoms with Crippen LogP contribution in [0.5, 0.6) is 0 Å². The Morgan fingerprint density at radius 2 is 1.86 bits per heavy atom. The summed E-state index contributed by atoms with van der Waals surface area (Å²) in [6.07, 6.45) is 2.23. The molecule has 1 heterocycles. The summed E-state index contributed by atoms with van der Waals surface area (Å²) in [4.78, 5) is 23.1. The maximum Gasteiger partial charge on any atom is 0.339 e. The van der Waals surface area contributed by atoms with Gasteiger partial charge in [0.05, 0.1) is 18.4 Å². The zero-order chi connectivity index (χ0) is 15.6. The summed E-state index contributed by atoms with van der Waals surface area (Å²) in [7, 11) is -2.76. The number of hydrogen-bond donors (Lipinski definition) is 1. The number of benzene rings is 1. The molecule has 1 N–H and O–H groups in total. The van der Waals surface area contributed by atoms with E-state index in [1.165, 1.54) is 19.2 Å². The minimum Gasteiger partial charge on any atom is -0.465 e. The van der Waals surface area contributed by atoms with Crippen LogP contribution in [-0.4, -0.2) is 27.4 Å². The van der Waals surface area contributed by atoms with Crippen LogP contribution in [-0.2, 0) is 19.4 Å². The molecule has 0 aromatic heterocycles. The molecular weight excluding hydrogens is 318 g/mol. The van der Waals surface area contributed by atoms with Gasteiger partial charge in [0.1, 0.15) is 9.27 Å². The lowest BCUT2D eigenvalue weighted by molar-refractivity contribution is -0.112. The molecule has 21 heavy (non-hydrogen) atoms. The van der Waals surface area contributed by atoms with Crippen molar-refractivity contribution in [2.24, 2.45) is 0 Å². The monoisotopic (exact) mass is 327 g/mol. The van der Waals surface area contributed by atoms with Gasteiger partial charge in [-0.05, 0) is 24.3 Å². The van der Waals surface area contributed by atoms with Crippen molar-refractivity contribution in [2.75, 3.05) is 12.4 Å². The molecule has 0 fully saturated rings. The van der Waals surface area contributed by atoms with Crippen LogP contribution in [0.4, 0.5) is 5.69 Å². The molecule has 0 bridgehead atoms. The van der Waals surface area contributed by atoms with Gasteiger partial charge in [-0.25, -0.2) is 13.2 Å². The molecule has 0 atom stereocenters. The molecule has 0 saturated heterocycles. The highest BCUT2D eigenvalue weighted by Crippen LogP contribution is 2.28. The number of anilines is 1. The third kappa shape index (κ3) is 2.84. The number of allylic oxidation sites excluding steroid dienone is 2. The molecule has 110 valence electrons. The lowest BCUT2D eigenvalue weighted by Gasteiger charge is -2.10. The quantitative estimate of drug-likeness (QED) is 0.855. The summed E-state index contributed by atoms with van der Waals surface area (Å²) >= 11 is 5.52. The Bertz CT molecular complexity index is 780. The lowest BCUT2D eigenvalue weighted by atomic mass is 10.2. The minimum absolute atomic E-state index is 0.114. The van der Waals surface area contributed by atoms with Gasteiger partial charge in [0, 0.05) is 0 Å². The normalized spacial score (nSPS) is 15.9. The van der Waals surface area contributed by atoms with Gasteiger partial charge in [-0.15, -0.1) is 0 Å². The number of carbonyl (C=O) groups is 2. The second kappa shape index (κ2) is 5.71. The Hall–Kier alpha value is -2.12. The number of hydrogen-bond acceptors (Lipinski definition) is 5. The molecule has 2 rings (SSSR count). The maximum absolute atomic E-state index is 12.0. The van der Waals surface area contributed by atoms with Gasteiger partial charge in [-0.1, -0.05) is 23.7 Å². The number of para-hydroxylation sites is 1. The van der Waals surface area contributed by atoms with Crippen molar-refractivity contribution in [3.05, 3.63) is 51.3 Å². The van der Waals surface area contributed by atoms with Crippen LogP contribution < -0.4 is 5.32 Å². The first kappa shape index (κ1) is 15.3.